The van der Waals surface area contributed by atoms with Crippen LogP contribution >= 0.6 is 0 Å². The number of hydrogen-bond acceptors (Lipinski definition) is 5. The van der Waals surface area contributed by atoms with E-state index in [1.54, 1.807) is 6.92 Å². The lowest BCUT2D eigenvalue weighted by Gasteiger charge is -2.27. The highest BCUT2D eigenvalue weighted by molar-refractivity contribution is 5.94. The van der Waals surface area contributed by atoms with Gasteiger partial charge in [-0.05, 0) is 27.1 Å². The molecular formula is C12H19N3O3. The van der Waals surface area contributed by atoms with Gasteiger partial charge in [0.2, 0.25) is 0 Å². The third kappa shape index (κ3) is 4.68. The molecule has 3 N–H and O–H groups in total. The average Bonchev–Trinajstić information content (AvgIpc) is 2.24. The molecule has 0 aliphatic carbocycles. The average molecular weight is 253 g/mol. The normalized spacial score (nSPS) is 14.3. The highest BCUT2D eigenvalue weighted by Crippen LogP contribution is 2.09. The number of pyridine rings is 1. The van der Waals surface area contributed by atoms with E-state index in [4.69, 9.17) is 0 Å². The molecule has 0 aliphatic rings. The zero-order valence-electron chi connectivity index (χ0n) is 10.8. The van der Waals surface area contributed by atoms with Gasteiger partial charge in [-0.15, -0.1) is 0 Å². The maximum Gasteiger partial charge on any atom is 0.253 e. The molecule has 100 valence electrons. The zero-order chi connectivity index (χ0) is 13.8. The van der Waals surface area contributed by atoms with Crippen molar-refractivity contribution in [3.63, 3.8) is 0 Å². The molecule has 1 heterocycles. The molecule has 6 heteroatoms. The van der Waals surface area contributed by atoms with E-state index in [1.807, 2.05) is 19.0 Å². The first kappa shape index (κ1) is 14.4. The summed E-state index contributed by atoms with van der Waals surface area (Å²) in [6, 6.07) is 1.32. The molecule has 0 bridgehead atoms. The highest BCUT2D eigenvalue weighted by Gasteiger charge is 2.22. The predicted octanol–water partition coefficient (Wildman–Crippen LogP) is -0.170. The second-order valence-electron chi connectivity index (χ2n) is 4.85. The van der Waals surface area contributed by atoms with E-state index in [1.165, 1.54) is 18.5 Å². The van der Waals surface area contributed by atoms with Crippen LogP contribution in [0.25, 0.3) is 0 Å². The van der Waals surface area contributed by atoms with Crippen LogP contribution in [0.1, 0.15) is 17.3 Å². The molecule has 1 rings (SSSR count). The second-order valence-corrected chi connectivity index (χ2v) is 4.85. The van der Waals surface area contributed by atoms with Crippen molar-refractivity contribution in [1.29, 1.82) is 0 Å². The van der Waals surface area contributed by atoms with Gasteiger partial charge < -0.3 is 20.4 Å². The molecule has 0 spiro atoms. The van der Waals surface area contributed by atoms with Gasteiger partial charge in [-0.2, -0.15) is 0 Å². The van der Waals surface area contributed by atoms with Gasteiger partial charge in [0.15, 0.2) is 0 Å². The fraction of sp³-hybridized carbons (Fsp3) is 0.500. The van der Waals surface area contributed by atoms with Crippen LogP contribution in [0.5, 0.6) is 5.75 Å². The summed E-state index contributed by atoms with van der Waals surface area (Å²) in [4.78, 5) is 17.3. The molecule has 0 fully saturated rings. The lowest BCUT2D eigenvalue weighted by atomic mass is 10.1. The van der Waals surface area contributed by atoms with E-state index in [0.29, 0.717) is 6.54 Å². The van der Waals surface area contributed by atoms with E-state index >= 15 is 0 Å². The Balaban J connectivity index is 2.56. The molecule has 6 nitrogen and oxygen atoms in total. The van der Waals surface area contributed by atoms with Gasteiger partial charge in [0, 0.05) is 19.3 Å². The zero-order valence-corrected chi connectivity index (χ0v) is 10.8. The summed E-state index contributed by atoms with van der Waals surface area (Å²) in [6.45, 7) is 2.21. The van der Waals surface area contributed by atoms with Gasteiger partial charge in [-0.1, -0.05) is 0 Å². The van der Waals surface area contributed by atoms with Crippen LogP contribution in [0.3, 0.4) is 0 Å². The molecule has 1 amide bonds. The van der Waals surface area contributed by atoms with Crippen LogP contribution in [0, 0.1) is 0 Å². The largest absolute Gasteiger partial charge is 0.506 e. The Morgan fingerprint density at radius 1 is 1.50 bits per heavy atom. The van der Waals surface area contributed by atoms with Crippen molar-refractivity contribution in [2.45, 2.75) is 12.5 Å². The maximum atomic E-state index is 11.7. The topological polar surface area (TPSA) is 85.7 Å². The number of carbonyl (C=O) groups excluding carboxylic acids is 1. The number of aromatic nitrogens is 1. The summed E-state index contributed by atoms with van der Waals surface area (Å²) in [5.74, 6) is -0.444. The third-order valence-corrected chi connectivity index (χ3v) is 2.27. The minimum Gasteiger partial charge on any atom is -0.506 e. The standard InChI is InChI=1S/C12H19N3O3/c1-12(18,8-15(2)3)7-14-11(17)9-4-10(16)6-13-5-9/h4-6,16,18H,7-8H2,1-3H3,(H,14,17). The number of likely N-dealkylation sites (N-methyl/N-ethyl adjacent to an activating group) is 1. The molecule has 0 radical (unpaired) electrons. The summed E-state index contributed by atoms with van der Waals surface area (Å²) in [5, 5.41) is 21.8. The minimum absolute atomic E-state index is 0.0669. The Morgan fingerprint density at radius 2 is 2.17 bits per heavy atom. The fourth-order valence-electron chi connectivity index (χ4n) is 1.66. The van der Waals surface area contributed by atoms with Crippen LogP contribution in [0.4, 0.5) is 0 Å². The monoisotopic (exact) mass is 253 g/mol. The molecule has 0 aliphatic heterocycles. The lowest BCUT2D eigenvalue weighted by Crippen LogP contribution is -2.47. The smallest absolute Gasteiger partial charge is 0.253 e. The van der Waals surface area contributed by atoms with Crippen LogP contribution in [0.2, 0.25) is 0 Å². The molecular weight excluding hydrogens is 234 g/mol. The molecule has 0 saturated carbocycles. The molecule has 0 aromatic carbocycles. The Morgan fingerprint density at radius 3 is 2.72 bits per heavy atom. The third-order valence-electron chi connectivity index (χ3n) is 2.27. The predicted molar refractivity (Wildman–Crippen MR) is 67.4 cm³/mol. The quantitative estimate of drug-likeness (QED) is 0.678. The number of aliphatic hydroxyl groups is 1. The Hall–Kier alpha value is -1.66. The van der Waals surface area contributed by atoms with Crippen molar-refractivity contribution in [2.24, 2.45) is 0 Å². The number of carbonyl (C=O) groups is 1. The summed E-state index contributed by atoms with van der Waals surface area (Å²) in [5.41, 5.74) is -0.751. The first-order valence-electron chi connectivity index (χ1n) is 5.59. The highest BCUT2D eigenvalue weighted by atomic mass is 16.3. The minimum atomic E-state index is -1.01. The van der Waals surface area contributed by atoms with Gasteiger partial charge in [-0.3, -0.25) is 9.78 Å². The molecule has 18 heavy (non-hydrogen) atoms. The van der Waals surface area contributed by atoms with Crippen LogP contribution < -0.4 is 5.32 Å². The summed E-state index contributed by atoms with van der Waals surface area (Å²) in [7, 11) is 3.69. The Bertz CT molecular complexity index is 419. The maximum absolute atomic E-state index is 11.7. The van der Waals surface area contributed by atoms with E-state index in [2.05, 4.69) is 10.3 Å². The van der Waals surface area contributed by atoms with Crippen LogP contribution in [-0.2, 0) is 0 Å². The van der Waals surface area contributed by atoms with Crippen molar-refractivity contribution in [3.05, 3.63) is 24.0 Å². The molecule has 0 saturated heterocycles. The van der Waals surface area contributed by atoms with Crippen LogP contribution in [-0.4, -0.2) is 58.8 Å². The van der Waals surface area contributed by atoms with Gasteiger partial charge in [0.25, 0.3) is 5.91 Å². The first-order chi connectivity index (χ1) is 8.30. The van der Waals surface area contributed by atoms with E-state index in [-0.39, 0.29) is 23.8 Å². The number of amides is 1. The van der Waals surface area contributed by atoms with E-state index in [9.17, 15) is 15.0 Å². The SMILES string of the molecule is CN(C)CC(C)(O)CNC(=O)c1cncc(O)c1. The molecule has 1 unspecified atom stereocenters. The van der Waals surface area contributed by atoms with Crippen molar-refractivity contribution >= 4 is 5.91 Å². The van der Waals surface area contributed by atoms with Crippen LogP contribution in [0.15, 0.2) is 18.5 Å². The van der Waals surface area contributed by atoms with Crippen molar-refractivity contribution in [1.82, 2.24) is 15.2 Å². The summed E-state index contributed by atoms with van der Waals surface area (Å²) in [6.07, 6.45) is 2.61. The summed E-state index contributed by atoms with van der Waals surface area (Å²) >= 11 is 0. The van der Waals surface area contributed by atoms with Gasteiger partial charge in [0.1, 0.15) is 5.75 Å². The van der Waals surface area contributed by atoms with E-state index < -0.39 is 5.60 Å². The summed E-state index contributed by atoms with van der Waals surface area (Å²) < 4.78 is 0. The van der Waals surface area contributed by atoms with Gasteiger partial charge in [0.05, 0.1) is 17.4 Å². The van der Waals surface area contributed by atoms with Gasteiger partial charge >= 0.3 is 0 Å². The van der Waals surface area contributed by atoms with Crippen molar-refractivity contribution in [3.8, 4) is 5.75 Å². The number of aromatic hydroxyl groups is 1. The molecule has 1 aromatic rings. The van der Waals surface area contributed by atoms with Crippen molar-refractivity contribution < 1.29 is 15.0 Å². The second kappa shape index (κ2) is 5.79. The lowest BCUT2D eigenvalue weighted by molar-refractivity contribution is 0.0326. The van der Waals surface area contributed by atoms with E-state index in [0.717, 1.165) is 0 Å². The first-order valence-corrected chi connectivity index (χ1v) is 5.59. The van der Waals surface area contributed by atoms with Gasteiger partial charge in [-0.25, -0.2) is 0 Å². The Labute approximate surface area is 106 Å². The molecule has 1 atom stereocenters. The number of rotatable bonds is 5. The Kier molecular flexibility index (Phi) is 4.63. The molecule has 1 aromatic heterocycles. The number of hydrogen-bond donors (Lipinski definition) is 3. The van der Waals surface area contributed by atoms with Crippen molar-refractivity contribution in [2.75, 3.05) is 27.2 Å². The number of nitrogens with one attached hydrogen (secondary N) is 1. The fourth-order valence-corrected chi connectivity index (χ4v) is 1.66. The number of nitrogens with zero attached hydrogens (tertiary/aromatic N) is 2.